The quantitative estimate of drug-likeness (QED) is 0.769. The van der Waals surface area contributed by atoms with E-state index in [2.05, 4.69) is 5.32 Å². The smallest absolute Gasteiger partial charge is 0.316 e. The molecule has 0 aromatic carbocycles. The number of alkyl halides is 3. The van der Waals surface area contributed by atoms with E-state index in [1.54, 1.807) is 0 Å². The summed E-state index contributed by atoms with van der Waals surface area (Å²) in [4.78, 5) is 0. The van der Waals surface area contributed by atoms with E-state index in [0.29, 0.717) is 0 Å². The molecule has 14 heavy (non-hydrogen) atoms. The van der Waals surface area contributed by atoms with Gasteiger partial charge in [0.15, 0.2) is 0 Å². The molecular formula is C7H14F3NO2S. The maximum Gasteiger partial charge on any atom is 0.389 e. The number of sulfone groups is 1. The first-order chi connectivity index (χ1) is 6.14. The molecule has 0 heterocycles. The Morgan fingerprint density at radius 2 is 1.86 bits per heavy atom. The first-order valence-electron chi connectivity index (χ1n) is 4.06. The molecule has 0 aromatic rings. The predicted octanol–water partition coefficient (Wildman–Crippen LogP) is 0.962. The third kappa shape index (κ3) is 8.31. The van der Waals surface area contributed by atoms with Gasteiger partial charge in [-0.3, -0.25) is 0 Å². The summed E-state index contributed by atoms with van der Waals surface area (Å²) in [5.41, 5.74) is 0. The molecule has 0 aliphatic heterocycles. The van der Waals surface area contributed by atoms with Crippen LogP contribution in [-0.2, 0) is 9.84 Å². The minimum atomic E-state index is -4.23. The van der Waals surface area contributed by atoms with Crippen LogP contribution in [0.15, 0.2) is 0 Å². The van der Waals surface area contributed by atoms with Gasteiger partial charge in [0.25, 0.3) is 0 Å². The van der Waals surface area contributed by atoms with Gasteiger partial charge in [-0.2, -0.15) is 13.2 Å². The molecule has 0 spiro atoms. The van der Waals surface area contributed by atoms with E-state index in [-0.39, 0.29) is 12.2 Å². The highest BCUT2D eigenvalue weighted by molar-refractivity contribution is 7.90. The van der Waals surface area contributed by atoms with Gasteiger partial charge >= 0.3 is 6.18 Å². The number of hydrogen-bond acceptors (Lipinski definition) is 3. The largest absolute Gasteiger partial charge is 0.389 e. The molecule has 0 rings (SSSR count). The van der Waals surface area contributed by atoms with Crippen molar-refractivity contribution in [1.29, 1.82) is 0 Å². The van der Waals surface area contributed by atoms with Crippen molar-refractivity contribution in [3.63, 3.8) is 0 Å². The zero-order chi connectivity index (χ0) is 11.4. The van der Waals surface area contributed by atoms with Crippen LogP contribution in [0.4, 0.5) is 13.2 Å². The molecule has 0 bridgehead atoms. The minimum Gasteiger partial charge on any atom is -0.316 e. The van der Waals surface area contributed by atoms with E-state index in [1.807, 2.05) is 0 Å². The standard InChI is InChI=1S/C7H14F3NO2S/c1-11-6(5-14(2,12)13)3-4-7(8,9)10/h6,11H,3-5H2,1-2H3. The monoisotopic (exact) mass is 233 g/mol. The summed E-state index contributed by atoms with van der Waals surface area (Å²) >= 11 is 0. The number of hydrogen-bond donors (Lipinski definition) is 1. The molecule has 0 aromatic heterocycles. The van der Waals surface area contributed by atoms with Crippen molar-refractivity contribution in [3.8, 4) is 0 Å². The van der Waals surface area contributed by atoms with Crippen molar-refractivity contribution in [1.82, 2.24) is 5.32 Å². The lowest BCUT2D eigenvalue weighted by Crippen LogP contribution is -2.33. The van der Waals surface area contributed by atoms with Crippen LogP contribution in [0.2, 0.25) is 0 Å². The number of rotatable bonds is 5. The lowest BCUT2D eigenvalue weighted by atomic mass is 10.2. The summed E-state index contributed by atoms with van der Waals surface area (Å²) in [6.07, 6.45) is -4.40. The van der Waals surface area contributed by atoms with E-state index in [1.165, 1.54) is 7.05 Å². The fraction of sp³-hybridized carbons (Fsp3) is 1.00. The third-order valence-corrected chi connectivity index (χ3v) is 2.70. The molecule has 1 unspecified atom stereocenters. The molecule has 1 atom stereocenters. The van der Waals surface area contributed by atoms with Crippen LogP contribution >= 0.6 is 0 Å². The summed E-state index contributed by atoms with van der Waals surface area (Å²) in [7, 11) is -1.78. The summed E-state index contributed by atoms with van der Waals surface area (Å²) in [5, 5.41) is 2.55. The predicted molar refractivity (Wildman–Crippen MR) is 47.8 cm³/mol. The molecule has 0 aliphatic carbocycles. The van der Waals surface area contributed by atoms with Crippen molar-refractivity contribution in [2.45, 2.75) is 25.1 Å². The van der Waals surface area contributed by atoms with E-state index in [9.17, 15) is 21.6 Å². The van der Waals surface area contributed by atoms with Gasteiger partial charge < -0.3 is 5.32 Å². The molecule has 0 saturated carbocycles. The summed E-state index contributed by atoms with van der Waals surface area (Å²) in [6, 6.07) is -0.633. The maximum atomic E-state index is 11.8. The second-order valence-electron chi connectivity index (χ2n) is 3.23. The fourth-order valence-electron chi connectivity index (χ4n) is 1.01. The van der Waals surface area contributed by atoms with E-state index >= 15 is 0 Å². The second-order valence-corrected chi connectivity index (χ2v) is 5.42. The average Bonchev–Trinajstić information content (AvgIpc) is 1.94. The summed E-state index contributed by atoms with van der Waals surface area (Å²) < 4.78 is 57.0. The second kappa shape index (κ2) is 4.97. The lowest BCUT2D eigenvalue weighted by molar-refractivity contribution is -0.136. The Morgan fingerprint density at radius 3 is 2.14 bits per heavy atom. The normalized spacial score (nSPS) is 15.5. The van der Waals surface area contributed by atoms with Gasteiger partial charge in [-0.15, -0.1) is 0 Å². The highest BCUT2D eigenvalue weighted by atomic mass is 32.2. The number of nitrogens with one attached hydrogen (secondary N) is 1. The Morgan fingerprint density at radius 1 is 1.36 bits per heavy atom. The Bertz CT molecular complexity index is 261. The molecule has 0 fully saturated rings. The zero-order valence-electron chi connectivity index (χ0n) is 8.06. The van der Waals surface area contributed by atoms with Crippen molar-refractivity contribution in [2.24, 2.45) is 0 Å². The Hall–Kier alpha value is -0.300. The van der Waals surface area contributed by atoms with Crippen molar-refractivity contribution in [2.75, 3.05) is 19.1 Å². The van der Waals surface area contributed by atoms with Crippen LogP contribution < -0.4 is 5.32 Å². The van der Waals surface area contributed by atoms with Crippen molar-refractivity contribution >= 4 is 9.84 Å². The first-order valence-corrected chi connectivity index (χ1v) is 6.12. The highest BCUT2D eigenvalue weighted by Gasteiger charge is 2.28. The Labute approximate surface area is 81.6 Å². The van der Waals surface area contributed by atoms with Gasteiger partial charge in [0.05, 0.1) is 5.75 Å². The van der Waals surface area contributed by atoms with Gasteiger partial charge in [-0.25, -0.2) is 8.42 Å². The van der Waals surface area contributed by atoms with Gasteiger partial charge in [-0.05, 0) is 13.5 Å². The molecule has 1 N–H and O–H groups in total. The molecule has 7 heteroatoms. The van der Waals surface area contributed by atoms with Crippen LogP contribution in [-0.4, -0.2) is 39.7 Å². The van der Waals surface area contributed by atoms with Gasteiger partial charge in [0.1, 0.15) is 9.84 Å². The molecule has 0 radical (unpaired) electrons. The summed E-state index contributed by atoms with van der Waals surface area (Å²) in [6.45, 7) is 0. The summed E-state index contributed by atoms with van der Waals surface area (Å²) in [5.74, 6) is -0.264. The van der Waals surface area contributed by atoms with Crippen LogP contribution in [0.1, 0.15) is 12.8 Å². The highest BCUT2D eigenvalue weighted by Crippen LogP contribution is 2.22. The zero-order valence-corrected chi connectivity index (χ0v) is 8.87. The van der Waals surface area contributed by atoms with E-state index in [4.69, 9.17) is 0 Å². The van der Waals surface area contributed by atoms with Crippen molar-refractivity contribution < 1.29 is 21.6 Å². The fourth-order valence-corrected chi connectivity index (χ4v) is 2.08. The van der Waals surface area contributed by atoms with Crippen LogP contribution in [0.3, 0.4) is 0 Å². The Kier molecular flexibility index (Phi) is 4.87. The molecule has 0 aliphatic rings. The third-order valence-electron chi connectivity index (χ3n) is 1.69. The van der Waals surface area contributed by atoms with Crippen LogP contribution in [0, 0.1) is 0 Å². The van der Waals surface area contributed by atoms with E-state index in [0.717, 1.165) is 6.26 Å². The van der Waals surface area contributed by atoms with Gasteiger partial charge in [0, 0.05) is 18.7 Å². The first kappa shape index (κ1) is 13.7. The minimum absolute atomic E-state index is 0.215. The topological polar surface area (TPSA) is 46.2 Å². The molecule has 0 saturated heterocycles. The molecule has 86 valence electrons. The molecular weight excluding hydrogens is 219 g/mol. The van der Waals surface area contributed by atoms with Gasteiger partial charge in [-0.1, -0.05) is 0 Å². The SMILES string of the molecule is CNC(CCC(F)(F)F)CS(C)(=O)=O. The van der Waals surface area contributed by atoms with Crippen molar-refractivity contribution in [3.05, 3.63) is 0 Å². The Balaban J connectivity index is 4.06. The van der Waals surface area contributed by atoms with Crippen LogP contribution in [0.5, 0.6) is 0 Å². The lowest BCUT2D eigenvalue weighted by Gasteiger charge is -2.15. The molecule has 0 amide bonds. The molecule has 3 nitrogen and oxygen atoms in total. The number of halogens is 3. The average molecular weight is 233 g/mol. The van der Waals surface area contributed by atoms with Crippen LogP contribution in [0.25, 0.3) is 0 Å². The maximum absolute atomic E-state index is 11.8. The van der Waals surface area contributed by atoms with E-state index < -0.39 is 28.5 Å². The van der Waals surface area contributed by atoms with Gasteiger partial charge in [0.2, 0.25) is 0 Å².